The number of imide groups is 1. The second kappa shape index (κ2) is 7.29. The molecule has 4 aromatic rings. The van der Waals surface area contributed by atoms with E-state index in [4.69, 9.17) is 0 Å². The summed E-state index contributed by atoms with van der Waals surface area (Å²) in [6.07, 6.45) is 1.76. The summed E-state index contributed by atoms with van der Waals surface area (Å²) >= 11 is 0. The number of nitrogens with zero attached hydrogens (tertiary/aromatic N) is 2. The fraction of sp³-hybridized carbons (Fsp3) is 0.0769. The number of carbonyl (C=O) groups is 2. The van der Waals surface area contributed by atoms with Gasteiger partial charge in [-0.2, -0.15) is 0 Å². The van der Waals surface area contributed by atoms with E-state index >= 15 is 0 Å². The summed E-state index contributed by atoms with van der Waals surface area (Å²) in [5, 5.41) is 5.04. The first-order valence-electron chi connectivity index (χ1n) is 10.1. The molecule has 31 heavy (non-hydrogen) atoms. The van der Waals surface area contributed by atoms with Gasteiger partial charge in [0.25, 0.3) is 5.91 Å². The highest BCUT2D eigenvalue weighted by Gasteiger charge is 2.35. The SMILES string of the molecule is Cc1cc(/C=C2\NC(=O)N(c3ccccc3)C2=O)c(C)n1-c1cccc2ccccc12. The third-order valence-electron chi connectivity index (χ3n) is 5.67. The van der Waals surface area contributed by atoms with Crippen LogP contribution >= 0.6 is 0 Å². The molecule has 1 aliphatic rings. The number of aryl methyl sites for hydroxylation is 1. The van der Waals surface area contributed by atoms with Gasteiger partial charge in [-0.3, -0.25) is 4.79 Å². The van der Waals surface area contributed by atoms with Crippen molar-refractivity contribution >= 4 is 34.5 Å². The van der Waals surface area contributed by atoms with Gasteiger partial charge in [0, 0.05) is 16.8 Å². The van der Waals surface area contributed by atoms with Gasteiger partial charge < -0.3 is 9.88 Å². The molecule has 1 saturated heterocycles. The van der Waals surface area contributed by atoms with E-state index in [1.807, 2.05) is 44.2 Å². The van der Waals surface area contributed by atoms with E-state index in [1.165, 1.54) is 5.39 Å². The Labute approximate surface area is 180 Å². The van der Waals surface area contributed by atoms with Gasteiger partial charge >= 0.3 is 6.03 Å². The number of nitrogens with one attached hydrogen (secondary N) is 1. The number of benzene rings is 3. The maximum absolute atomic E-state index is 12.9. The number of hydrogen-bond donors (Lipinski definition) is 1. The van der Waals surface area contributed by atoms with Crippen LogP contribution < -0.4 is 10.2 Å². The average Bonchev–Trinajstić information content (AvgIpc) is 3.22. The Kier molecular flexibility index (Phi) is 4.44. The third-order valence-corrected chi connectivity index (χ3v) is 5.67. The molecular formula is C26H21N3O2. The van der Waals surface area contributed by atoms with Gasteiger partial charge in [-0.25, -0.2) is 9.69 Å². The molecule has 3 amide bonds. The van der Waals surface area contributed by atoms with Crippen LogP contribution in [-0.4, -0.2) is 16.5 Å². The van der Waals surface area contributed by atoms with Crippen molar-refractivity contribution in [1.82, 2.24) is 9.88 Å². The van der Waals surface area contributed by atoms with Crippen molar-refractivity contribution in [1.29, 1.82) is 0 Å². The lowest BCUT2D eigenvalue weighted by atomic mass is 10.1. The molecule has 1 N–H and O–H groups in total. The lowest BCUT2D eigenvalue weighted by Gasteiger charge is -2.13. The summed E-state index contributed by atoms with van der Waals surface area (Å²) in [7, 11) is 0. The lowest BCUT2D eigenvalue weighted by Crippen LogP contribution is -2.30. The van der Waals surface area contributed by atoms with Crippen molar-refractivity contribution in [3.05, 3.63) is 102 Å². The minimum absolute atomic E-state index is 0.270. The maximum atomic E-state index is 12.9. The van der Waals surface area contributed by atoms with E-state index < -0.39 is 6.03 Å². The number of carbonyl (C=O) groups excluding carboxylic acids is 2. The van der Waals surface area contributed by atoms with Crippen molar-refractivity contribution in [3.8, 4) is 5.69 Å². The lowest BCUT2D eigenvalue weighted by molar-refractivity contribution is -0.113. The summed E-state index contributed by atoms with van der Waals surface area (Å²) in [5.74, 6) is -0.355. The van der Waals surface area contributed by atoms with Gasteiger partial charge in [0.1, 0.15) is 5.70 Å². The van der Waals surface area contributed by atoms with Gasteiger partial charge in [0.2, 0.25) is 0 Å². The molecule has 1 fully saturated rings. The van der Waals surface area contributed by atoms with E-state index in [0.717, 1.165) is 32.9 Å². The van der Waals surface area contributed by atoms with Gasteiger partial charge in [-0.15, -0.1) is 0 Å². The molecule has 5 rings (SSSR count). The molecule has 3 aromatic carbocycles. The number of hydrogen-bond acceptors (Lipinski definition) is 2. The molecule has 152 valence electrons. The van der Waals surface area contributed by atoms with Crippen molar-refractivity contribution in [2.45, 2.75) is 13.8 Å². The Hall–Kier alpha value is -4.12. The van der Waals surface area contributed by atoms with E-state index in [1.54, 1.807) is 30.3 Å². The predicted molar refractivity (Wildman–Crippen MR) is 123 cm³/mol. The molecule has 0 bridgehead atoms. The van der Waals surface area contributed by atoms with Crippen molar-refractivity contribution in [2.75, 3.05) is 4.90 Å². The van der Waals surface area contributed by atoms with Gasteiger partial charge in [-0.1, -0.05) is 54.6 Å². The first-order chi connectivity index (χ1) is 15.0. The minimum Gasteiger partial charge on any atom is -0.317 e. The predicted octanol–water partition coefficient (Wildman–Crippen LogP) is 5.34. The smallest absolute Gasteiger partial charge is 0.317 e. The Morgan fingerprint density at radius 1 is 0.839 bits per heavy atom. The van der Waals surface area contributed by atoms with Crippen molar-refractivity contribution in [2.24, 2.45) is 0 Å². The van der Waals surface area contributed by atoms with Crippen molar-refractivity contribution in [3.63, 3.8) is 0 Å². The molecule has 2 heterocycles. The van der Waals surface area contributed by atoms with Crippen LogP contribution in [-0.2, 0) is 4.79 Å². The van der Waals surface area contributed by atoms with Crippen LogP contribution in [0.3, 0.4) is 0 Å². The Bertz CT molecular complexity index is 1360. The van der Waals surface area contributed by atoms with Gasteiger partial charge in [0.05, 0.1) is 11.4 Å². The number of anilines is 1. The van der Waals surface area contributed by atoms with E-state index in [9.17, 15) is 9.59 Å². The van der Waals surface area contributed by atoms with Crippen molar-refractivity contribution < 1.29 is 9.59 Å². The largest absolute Gasteiger partial charge is 0.333 e. The molecule has 5 heteroatoms. The standard InChI is InChI=1S/C26H21N3O2/c1-17-15-20(16-23-25(30)29(26(31)27-23)21-11-4-3-5-12-21)18(2)28(17)24-14-8-10-19-9-6-7-13-22(19)24/h3-16H,1-2H3,(H,27,31)/b23-16-. The van der Waals surface area contributed by atoms with Crippen LogP contribution in [0.5, 0.6) is 0 Å². The van der Waals surface area contributed by atoms with Crippen LogP contribution in [0, 0.1) is 13.8 Å². The molecule has 1 aromatic heterocycles. The molecule has 0 saturated carbocycles. The highest BCUT2D eigenvalue weighted by molar-refractivity contribution is 6.28. The molecule has 1 aliphatic heterocycles. The van der Waals surface area contributed by atoms with Crippen LogP contribution in [0.15, 0.2) is 84.6 Å². The molecular weight excluding hydrogens is 386 g/mol. The molecule has 0 spiro atoms. The fourth-order valence-electron chi connectivity index (χ4n) is 4.21. The summed E-state index contributed by atoms with van der Waals surface area (Å²) < 4.78 is 2.19. The van der Waals surface area contributed by atoms with Crippen LogP contribution in [0.2, 0.25) is 0 Å². The highest BCUT2D eigenvalue weighted by atomic mass is 16.2. The maximum Gasteiger partial charge on any atom is 0.333 e. The summed E-state index contributed by atoms with van der Waals surface area (Å²) in [4.78, 5) is 26.6. The average molecular weight is 407 g/mol. The first kappa shape index (κ1) is 18.9. The van der Waals surface area contributed by atoms with E-state index in [-0.39, 0.29) is 11.6 Å². The topological polar surface area (TPSA) is 54.3 Å². The second-order valence-electron chi connectivity index (χ2n) is 7.62. The Morgan fingerprint density at radius 3 is 2.35 bits per heavy atom. The van der Waals surface area contributed by atoms with Crippen LogP contribution in [0.4, 0.5) is 10.5 Å². The third kappa shape index (κ3) is 3.11. The number of amides is 3. The molecule has 5 nitrogen and oxygen atoms in total. The monoisotopic (exact) mass is 407 g/mol. The second-order valence-corrected chi connectivity index (χ2v) is 7.62. The Morgan fingerprint density at radius 2 is 1.55 bits per heavy atom. The summed E-state index contributed by atoms with van der Waals surface area (Å²) in [6, 6.07) is 25.1. The fourth-order valence-corrected chi connectivity index (χ4v) is 4.21. The zero-order valence-electron chi connectivity index (χ0n) is 17.3. The van der Waals surface area contributed by atoms with E-state index in [0.29, 0.717) is 5.69 Å². The molecule has 0 unspecified atom stereocenters. The summed E-state index contributed by atoms with van der Waals surface area (Å²) in [6.45, 7) is 4.07. The first-order valence-corrected chi connectivity index (χ1v) is 10.1. The van der Waals surface area contributed by atoms with Gasteiger partial charge in [-0.05, 0) is 55.1 Å². The van der Waals surface area contributed by atoms with Gasteiger partial charge in [0.15, 0.2) is 0 Å². The number of rotatable bonds is 3. The Balaban J connectivity index is 1.57. The molecule has 0 aliphatic carbocycles. The molecule has 0 atom stereocenters. The molecule has 0 radical (unpaired) electrons. The van der Waals surface area contributed by atoms with Crippen LogP contribution in [0.1, 0.15) is 17.0 Å². The number of para-hydroxylation sites is 1. The van der Waals surface area contributed by atoms with E-state index in [2.05, 4.69) is 34.1 Å². The number of aromatic nitrogens is 1. The zero-order chi connectivity index (χ0) is 21.5. The summed E-state index contributed by atoms with van der Waals surface area (Å²) in [5.41, 5.74) is 4.86. The normalized spacial score (nSPS) is 15.2. The van der Waals surface area contributed by atoms with Crippen LogP contribution in [0.25, 0.3) is 22.5 Å². The number of fused-ring (bicyclic) bond motifs is 1. The highest BCUT2D eigenvalue weighted by Crippen LogP contribution is 2.29. The quantitative estimate of drug-likeness (QED) is 0.368. The number of urea groups is 1. The zero-order valence-corrected chi connectivity index (χ0v) is 17.3. The minimum atomic E-state index is -0.440.